The summed E-state index contributed by atoms with van der Waals surface area (Å²) >= 11 is 0. The second-order valence-electron chi connectivity index (χ2n) is 6.76. The van der Waals surface area contributed by atoms with Gasteiger partial charge in [-0.15, -0.1) is 24.0 Å². The van der Waals surface area contributed by atoms with E-state index in [4.69, 9.17) is 9.05 Å². The van der Waals surface area contributed by atoms with Gasteiger partial charge < -0.3 is 19.7 Å². The molecule has 0 aliphatic carbocycles. The molecule has 8 heteroatoms. The third-order valence-electron chi connectivity index (χ3n) is 4.80. The van der Waals surface area contributed by atoms with Crippen molar-refractivity contribution in [3.05, 3.63) is 34.5 Å². The summed E-state index contributed by atoms with van der Waals surface area (Å²) in [7, 11) is 0. The minimum absolute atomic E-state index is 0. The van der Waals surface area contributed by atoms with Crippen LogP contribution in [0.2, 0.25) is 0 Å². The van der Waals surface area contributed by atoms with E-state index in [1.54, 1.807) is 0 Å². The third-order valence-corrected chi connectivity index (χ3v) is 4.80. The number of nitrogens with one attached hydrogen (secondary N) is 2. The van der Waals surface area contributed by atoms with Crippen molar-refractivity contribution in [2.24, 2.45) is 4.99 Å². The van der Waals surface area contributed by atoms with E-state index in [1.807, 2.05) is 19.9 Å². The molecule has 7 nitrogen and oxygen atoms in total. The summed E-state index contributed by atoms with van der Waals surface area (Å²) in [6.45, 7) is 12.5. The monoisotopic (exact) mass is 503 g/mol. The van der Waals surface area contributed by atoms with Gasteiger partial charge in [0.15, 0.2) is 11.7 Å². The number of nitrogens with zero attached hydrogens (tertiary/aromatic N) is 3. The molecule has 0 aliphatic heterocycles. The van der Waals surface area contributed by atoms with Crippen LogP contribution in [-0.4, -0.2) is 29.4 Å². The maximum atomic E-state index is 5.45. The fourth-order valence-electron chi connectivity index (χ4n) is 3.13. The molecule has 0 atom stereocenters. The average Bonchev–Trinajstić information content (AvgIpc) is 3.25. The third kappa shape index (κ3) is 7.10. The molecular weight excluding hydrogens is 469 g/mol. The minimum Gasteiger partial charge on any atom is -0.361 e. The van der Waals surface area contributed by atoms with Gasteiger partial charge in [-0.3, -0.25) is 0 Å². The lowest BCUT2D eigenvalue weighted by Crippen LogP contribution is -2.37. The Morgan fingerprint density at radius 2 is 1.86 bits per heavy atom. The summed E-state index contributed by atoms with van der Waals surface area (Å²) in [6, 6.07) is 2.03. The molecule has 2 aromatic rings. The predicted molar refractivity (Wildman–Crippen MR) is 122 cm³/mol. The van der Waals surface area contributed by atoms with Crippen LogP contribution < -0.4 is 10.6 Å². The summed E-state index contributed by atoms with van der Waals surface area (Å²) in [5.74, 6) is 2.95. The molecular formula is C20H34IN5O2. The van der Waals surface area contributed by atoms with Crippen molar-refractivity contribution in [2.45, 2.75) is 72.8 Å². The van der Waals surface area contributed by atoms with Gasteiger partial charge in [-0.1, -0.05) is 24.2 Å². The zero-order chi connectivity index (χ0) is 19.6. The van der Waals surface area contributed by atoms with Crippen LogP contribution in [0.15, 0.2) is 20.1 Å². The highest BCUT2D eigenvalue weighted by Gasteiger charge is 2.13. The molecule has 0 spiro atoms. The Morgan fingerprint density at radius 3 is 2.46 bits per heavy atom. The Bertz CT molecular complexity index is 703. The first-order valence-corrected chi connectivity index (χ1v) is 9.98. The number of halogens is 1. The number of aryl methyl sites for hydroxylation is 2. The lowest BCUT2D eigenvalue weighted by atomic mass is 9.99. The van der Waals surface area contributed by atoms with Crippen molar-refractivity contribution in [3.63, 3.8) is 0 Å². The van der Waals surface area contributed by atoms with Crippen molar-refractivity contribution in [1.82, 2.24) is 20.9 Å². The van der Waals surface area contributed by atoms with Crippen LogP contribution in [0, 0.1) is 13.8 Å². The Balaban J connectivity index is 0.00000392. The quantitative estimate of drug-likeness (QED) is 0.215. The lowest BCUT2D eigenvalue weighted by Gasteiger charge is -2.10. The first kappa shape index (κ1) is 24.5. The molecule has 0 aliphatic rings. The van der Waals surface area contributed by atoms with Crippen LogP contribution in [0.5, 0.6) is 0 Å². The van der Waals surface area contributed by atoms with E-state index in [2.05, 4.69) is 46.7 Å². The number of hydrogen-bond acceptors (Lipinski definition) is 5. The maximum Gasteiger partial charge on any atom is 0.191 e. The molecule has 28 heavy (non-hydrogen) atoms. The van der Waals surface area contributed by atoms with Crippen LogP contribution in [-0.2, 0) is 13.0 Å². The van der Waals surface area contributed by atoms with Gasteiger partial charge in [0.2, 0.25) is 0 Å². The molecule has 0 amide bonds. The zero-order valence-corrected chi connectivity index (χ0v) is 20.0. The minimum atomic E-state index is 0. The Hall–Kier alpha value is -1.58. The first-order chi connectivity index (χ1) is 13.1. The van der Waals surface area contributed by atoms with Crippen LogP contribution >= 0.6 is 24.0 Å². The SMILES string of the molecule is CCNC(=NCc1cc(C(CC)CC)no1)NCCCc1c(C)noc1C.I. The van der Waals surface area contributed by atoms with Gasteiger partial charge in [0.25, 0.3) is 0 Å². The van der Waals surface area contributed by atoms with Crippen molar-refractivity contribution in [1.29, 1.82) is 0 Å². The average molecular weight is 503 g/mol. The molecule has 0 bridgehead atoms. The fourth-order valence-corrected chi connectivity index (χ4v) is 3.13. The van der Waals surface area contributed by atoms with E-state index in [9.17, 15) is 0 Å². The number of hydrogen-bond donors (Lipinski definition) is 2. The highest BCUT2D eigenvalue weighted by Crippen LogP contribution is 2.22. The van der Waals surface area contributed by atoms with Gasteiger partial charge in [0.05, 0.1) is 11.4 Å². The Morgan fingerprint density at radius 1 is 1.11 bits per heavy atom. The van der Waals surface area contributed by atoms with Gasteiger partial charge in [0, 0.05) is 30.6 Å². The molecule has 2 N–H and O–H groups in total. The van der Waals surface area contributed by atoms with E-state index >= 15 is 0 Å². The number of aromatic nitrogens is 2. The largest absolute Gasteiger partial charge is 0.361 e. The Kier molecular flexibility index (Phi) is 11.2. The highest BCUT2D eigenvalue weighted by atomic mass is 127. The van der Waals surface area contributed by atoms with E-state index in [-0.39, 0.29) is 24.0 Å². The van der Waals surface area contributed by atoms with E-state index in [1.165, 1.54) is 5.56 Å². The number of aliphatic imine (C=N–C) groups is 1. The second kappa shape index (κ2) is 12.8. The maximum absolute atomic E-state index is 5.45. The standard InChI is InChI=1S/C20H33N5O2.HI/c1-6-16(7-2)19-12-17(27-25-19)13-23-20(21-8-3)22-11-9-10-18-14(4)24-26-15(18)5;/h12,16H,6-11,13H2,1-5H3,(H2,21,22,23);1H. The van der Waals surface area contributed by atoms with E-state index in [0.717, 1.165) is 67.6 Å². The van der Waals surface area contributed by atoms with Crippen molar-refractivity contribution in [2.75, 3.05) is 13.1 Å². The normalized spacial score (nSPS) is 11.6. The van der Waals surface area contributed by atoms with Crippen molar-refractivity contribution in [3.8, 4) is 0 Å². The molecule has 0 saturated carbocycles. The molecule has 2 rings (SSSR count). The molecule has 2 aromatic heterocycles. The summed E-state index contributed by atoms with van der Waals surface area (Å²) in [5.41, 5.74) is 3.21. The second-order valence-corrected chi connectivity index (χ2v) is 6.76. The summed E-state index contributed by atoms with van der Waals surface area (Å²) < 4.78 is 10.7. The summed E-state index contributed by atoms with van der Waals surface area (Å²) in [5, 5.41) is 14.8. The van der Waals surface area contributed by atoms with Crippen LogP contribution in [0.4, 0.5) is 0 Å². The topological polar surface area (TPSA) is 88.5 Å². The van der Waals surface area contributed by atoms with Gasteiger partial charge >= 0.3 is 0 Å². The van der Waals surface area contributed by atoms with E-state index < -0.39 is 0 Å². The van der Waals surface area contributed by atoms with Gasteiger partial charge in [-0.25, -0.2) is 4.99 Å². The van der Waals surface area contributed by atoms with Crippen LogP contribution in [0.25, 0.3) is 0 Å². The first-order valence-electron chi connectivity index (χ1n) is 9.98. The molecule has 0 fully saturated rings. The van der Waals surface area contributed by atoms with E-state index in [0.29, 0.717) is 12.5 Å². The molecule has 158 valence electrons. The zero-order valence-electron chi connectivity index (χ0n) is 17.7. The molecule has 2 heterocycles. The smallest absolute Gasteiger partial charge is 0.191 e. The summed E-state index contributed by atoms with van der Waals surface area (Å²) in [4.78, 5) is 4.61. The molecule has 0 saturated heterocycles. The van der Waals surface area contributed by atoms with Gasteiger partial charge in [-0.2, -0.15) is 0 Å². The summed E-state index contributed by atoms with van der Waals surface area (Å²) in [6.07, 6.45) is 4.06. The van der Waals surface area contributed by atoms with Crippen molar-refractivity contribution >= 4 is 29.9 Å². The predicted octanol–water partition coefficient (Wildman–Crippen LogP) is 4.49. The Labute approximate surface area is 185 Å². The molecule has 0 radical (unpaired) electrons. The molecule has 0 unspecified atom stereocenters. The van der Waals surface area contributed by atoms with Crippen molar-refractivity contribution < 1.29 is 9.05 Å². The van der Waals surface area contributed by atoms with Crippen LogP contribution in [0.1, 0.15) is 74.4 Å². The van der Waals surface area contributed by atoms with Gasteiger partial charge in [-0.05, 0) is 46.5 Å². The number of rotatable bonds is 10. The van der Waals surface area contributed by atoms with Gasteiger partial charge in [0.1, 0.15) is 12.3 Å². The fraction of sp³-hybridized carbons (Fsp3) is 0.650. The molecule has 0 aromatic carbocycles. The highest BCUT2D eigenvalue weighted by molar-refractivity contribution is 14.0. The number of guanidine groups is 1. The lowest BCUT2D eigenvalue weighted by molar-refractivity contribution is 0.372. The van der Waals surface area contributed by atoms with Crippen LogP contribution in [0.3, 0.4) is 0 Å².